The number of unbranched alkanes of at least 4 members (excludes halogenated alkanes) is 1. The molecule has 50 heavy (non-hydrogen) atoms. The highest BCUT2D eigenvalue weighted by Crippen LogP contribution is 2.38. The van der Waals surface area contributed by atoms with Gasteiger partial charge in [-0.2, -0.15) is 0 Å². The zero-order valence-electron chi connectivity index (χ0n) is 28.3. The van der Waals surface area contributed by atoms with Crippen molar-refractivity contribution in [1.29, 1.82) is 0 Å². The zero-order chi connectivity index (χ0) is 34.6. The van der Waals surface area contributed by atoms with Gasteiger partial charge in [0.2, 0.25) is 11.8 Å². The van der Waals surface area contributed by atoms with Gasteiger partial charge in [0.25, 0.3) is 0 Å². The third kappa shape index (κ3) is 7.30. The summed E-state index contributed by atoms with van der Waals surface area (Å²) in [6, 6.07) is 13.3. The number of alkyl carbamates (subject to hydrolysis) is 1. The van der Waals surface area contributed by atoms with Gasteiger partial charge in [-0.25, -0.2) is 14.8 Å². The Hall–Kier alpha value is -5.37. The van der Waals surface area contributed by atoms with Gasteiger partial charge < -0.3 is 35.6 Å². The number of fused-ring (bicyclic) bond motifs is 2. The molecule has 14 nitrogen and oxygen atoms in total. The van der Waals surface area contributed by atoms with Crippen LogP contribution in [-0.4, -0.2) is 92.8 Å². The fourth-order valence-electron chi connectivity index (χ4n) is 6.69. The van der Waals surface area contributed by atoms with E-state index in [-0.39, 0.29) is 23.8 Å². The molecule has 14 heteroatoms. The first-order valence-corrected chi connectivity index (χ1v) is 17.3. The summed E-state index contributed by atoms with van der Waals surface area (Å²) in [5, 5.41) is 18.6. The molecular weight excluding hydrogens is 636 g/mol. The van der Waals surface area contributed by atoms with Gasteiger partial charge in [-0.15, -0.1) is 10.2 Å². The third-order valence-electron chi connectivity index (χ3n) is 9.49. The highest BCUT2D eigenvalue weighted by molar-refractivity contribution is 5.89. The van der Waals surface area contributed by atoms with Crippen molar-refractivity contribution in [2.45, 2.75) is 57.0 Å². The van der Waals surface area contributed by atoms with Gasteiger partial charge in [0, 0.05) is 36.0 Å². The number of aryl methyl sites for hydroxylation is 1. The molecule has 5 aromatic rings. The topological polar surface area (TPSA) is 183 Å². The maximum Gasteiger partial charge on any atom is 0.407 e. The van der Waals surface area contributed by atoms with Crippen LogP contribution in [0.4, 0.5) is 4.79 Å². The van der Waals surface area contributed by atoms with Crippen LogP contribution in [0.3, 0.4) is 0 Å². The van der Waals surface area contributed by atoms with Crippen LogP contribution in [-0.2, 0) is 20.7 Å². The average molecular weight is 679 g/mol. The number of aromatic nitrogens is 6. The number of hydrogen-bond acceptors (Lipinski definition) is 9. The van der Waals surface area contributed by atoms with Crippen LogP contribution in [0.1, 0.15) is 56.2 Å². The Kier molecular flexibility index (Phi) is 9.69. The lowest BCUT2D eigenvalue weighted by Gasteiger charge is -2.28. The van der Waals surface area contributed by atoms with Crippen LogP contribution in [0, 0.1) is 5.92 Å². The summed E-state index contributed by atoms with van der Waals surface area (Å²) < 4.78 is 4.78. The molecular formula is C36H42N10O4. The van der Waals surface area contributed by atoms with Crippen LogP contribution < -0.4 is 16.0 Å². The van der Waals surface area contributed by atoms with Gasteiger partial charge in [0.1, 0.15) is 17.7 Å². The van der Waals surface area contributed by atoms with Crippen LogP contribution in [0.5, 0.6) is 0 Å². The number of benzene rings is 2. The number of carbonyl (C=O) groups is 3. The predicted molar refractivity (Wildman–Crippen MR) is 188 cm³/mol. The van der Waals surface area contributed by atoms with Crippen LogP contribution >= 0.6 is 0 Å². The molecule has 2 aliphatic rings. The number of ether oxygens (including phenoxy) is 1. The highest BCUT2D eigenvalue weighted by Gasteiger charge is 2.43. The van der Waals surface area contributed by atoms with Gasteiger partial charge >= 0.3 is 6.09 Å². The molecule has 0 bridgehead atoms. The molecule has 2 atom stereocenters. The second kappa shape index (κ2) is 14.6. The van der Waals surface area contributed by atoms with Crippen molar-refractivity contribution in [3.8, 4) is 22.5 Å². The van der Waals surface area contributed by atoms with Crippen LogP contribution in [0.15, 0.2) is 48.7 Å². The lowest BCUT2D eigenvalue weighted by Crippen LogP contribution is -2.49. The SMILES string of the molecule is CNCC(=O)NCCCCc1ncc(-c2ccc3cc(-c4ccc5nc(C6CCCN6C(=O)C(NC(=O)OC)C6CC6)[nH]c5c4)nnc3c2)[nH]1. The van der Waals surface area contributed by atoms with Gasteiger partial charge in [0.15, 0.2) is 0 Å². The van der Waals surface area contributed by atoms with Gasteiger partial charge in [0.05, 0.1) is 53.8 Å². The summed E-state index contributed by atoms with van der Waals surface area (Å²) in [7, 11) is 3.06. The molecule has 2 fully saturated rings. The van der Waals surface area contributed by atoms with E-state index in [1.807, 2.05) is 47.5 Å². The Bertz CT molecular complexity index is 2020. The van der Waals surface area contributed by atoms with Crippen molar-refractivity contribution in [3.63, 3.8) is 0 Å². The van der Waals surface area contributed by atoms with E-state index in [1.165, 1.54) is 7.11 Å². The molecule has 2 aromatic carbocycles. The number of nitrogens with one attached hydrogen (secondary N) is 5. The van der Waals surface area contributed by atoms with E-state index in [1.54, 1.807) is 7.05 Å². The summed E-state index contributed by atoms with van der Waals surface area (Å²) >= 11 is 0. The van der Waals surface area contributed by atoms with E-state index in [0.717, 1.165) is 101 Å². The maximum atomic E-state index is 13.6. The molecule has 1 saturated heterocycles. The number of hydrogen-bond donors (Lipinski definition) is 5. The normalized spacial score (nSPS) is 16.5. The fraction of sp³-hybridized carbons (Fsp3) is 0.417. The minimum atomic E-state index is -0.584. The average Bonchev–Trinajstić information content (AvgIpc) is 3.47. The van der Waals surface area contributed by atoms with Gasteiger partial charge in [-0.05, 0) is 75.8 Å². The number of methoxy groups -OCH3 is 1. The van der Waals surface area contributed by atoms with E-state index in [0.29, 0.717) is 19.6 Å². The maximum absolute atomic E-state index is 13.6. The van der Waals surface area contributed by atoms with Crippen LogP contribution in [0.2, 0.25) is 0 Å². The number of rotatable bonds is 13. The van der Waals surface area contributed by atoms with Crippen LogP contribution in [0.25, 0.3) is 44.5 Å². The monoisotopic (exact) mass is 678 g/mol. The summed E-state index contributed by atoms with van der Waals surface area (Å²) in [5.41, 5.74) is 5.99. The fourth-order valence-corrected chi connectivity index (χ4v) is 6.69. The minimum Gasteiger partial charge on any atom is -0.453 e. The number of imidazole rings is 2. The minimum absolute atomic E-state index is 0.00411. The Morgan fingerprint density at radius 2 is 1.86 bits per heavy atom. The molecule has 2 unspecified atom stereocenters. The van der Waals surface area contributed by atoms with E-state index >= 15 is 0 Å². The molecule has 1 aliphatic carbocycles. The first kappa shape index (κ1) is 33.1. The summed E-state index contributed by atoms with van der Waals surface area (Å²) in [4.78, 5) is 55.3. The summed E-state index contributed by atoms with van der Waals surface area (Å²) in [6.07, 6.45) is 7.34. The number of H-pyrrole nitrogens is 2. The molecule has 1 saturated carbocycles. The number of amides is 3. The Morgan fingerprint density at radius 3 is 2.68 bits per heavy atom. The number of likely N-dealkylation sites (tertiary alicyclic amines) is 1. The molecule has 7 rings (SSSR count). The number of carbonyl (C=O) groups excluding carboxylic acids is 3. The summed E-state index contributed by atoms with van der Waals surface area (Å²) in [6.45, 7) is 1.60. The van der Waals surface area contributed by atoms with Crippen molar-refractivity contribution < 1.29 is 19.1 Å². The Balaban J connectivity index is 1.02. The lowest BCUT2D eigenvalue weighted by molar-refractivity contribution is -0.135. The Labute approximate surface area is 289 Å². The molecule has 1 aliphatic heterocycles. The van der Waals surface area contributed by atoms with Gasteiger partial charge in [-0.1, -0.05) is 18.2 Å². The van der Waals surface area contributed by atoms with E-state index in [9.17, 15) is 14.4 Å². The first-order chi connectivity index (χ1) is 24.4. The van der Waals surface area contributed by atoms with E-state index < -0.39 is 12.1 Å². The number of aromatic amines is 2. The van der Waals surface area contributed by atoms with Crippen molar-refractivity contribution in [1.82, 2.24) is 51.0 Å². The highest BCUT2D eigenvalue weighted by atomic mass is 16.5. The molecule has 260 valence electrons. The van der Waals surface area contributed by atoms with Crippen molar-refractivity contribution in [2.24, 2.45) is 5.92 Å². The quantitative estimate of drug-likeness (QED) is 0.115. The second-order valence-corrected chi connectivity index (χ2v) is 13.1. The largest absolute Gasteiger partial charge is 0.453 e. The zero-order valence-corrected chi connectivity index (χ0v) is 28.3. The molecule has 3 amide bonds. The molecule has 3 aromatic heterocycles. The smallest absolute Gasteiger partial charge is 0.407 e. The Morgan fingerprint density at radius 1 is 1.00 bits per heavy atom. The lowest BCUT2D eigenvalue weighted by atomic mass is 10.1. The van der Waals surface area contributed by atoms with E-state index in [4.69, 9.17) is 9.72 Å². The van der Waals surface area contributed by atoms with Crippen molar-refractivity contribution in [2.75, 3.05) is 33.8 Å². The van der Waals surface area contributed by atoms with Crippen molar-refractivity contribution >= 4 is 39.8 Å². The van der Waals surface area contributed by atoms with Crippen molar-refractivity contribution in [3.05, 3.63) is 60.3 Å². The summed E-state index contributed by atoms with van der Waals surface area (Å²) in [5.74, 6) is 1.72. The predicted octanol–water partition coefficient (Wildman–Crippen LogP) is 4.02. The standard InChI is InChI=1S/C36H42N10O4/c1-37-20-32(47)38-14-4-3-7-31-39-19-29(40-31)24-11-10-22-16-26(44-45-27(22)17-24)23-12-13-25-28(18-23)42-34(41-25)30-6-5-15-46(30)35(48)33(21-8-9-21)43-36(49)50-2/h10-13,16-19,21,30,33,37H,3-9,14-15,20H2,1-2H3,(H,38,47)(H,39,40)(H,41,42)(H,43,49). The number of likely N-dealkylation sites (N-methyl/N-ethyl adjacent to an activating group) is 1. The molecule has 4 heterocycles. The molecule has 5 N–H and O–H groups in total. The van der Waals surface area contributed by atoms with E-state index in [2.05, 4.69) is 47.2 Å². The molecule has 0 radical (unpaired) electrons. The second-order valence-electron chi connectivity index (χ2n) is 13.1. The molecule has 0 spiro atoms. The number of nitrogens with zero attached hydrogens (tertiary/aromatic N) is 5. The first-order valence-electron chi connectivity index (χ1n) is 17.3. The van der Waals surface area contributed by atoms with Gasteiger partial charge in [-0.3, -0.25) is 9.59 Å². The third-order valence-corrected chi connectivity index (χ3v) is 9.49.